The lowest BCUT2D eigenvalue weighted by Gasteiger charge is -2.29. The van der Waals surface area contributed by atoms with Gasteiger partial charge in [0.2, 0.25) is 0 Å². The molecule has 1 aliphatic rings. The van der Waals surface area contributed by atoms with Crippen molar-refractivity contribution in [2.24, 2.45) is 11.8 Å². The molecule has 1 atom stereocenters. The average molecular weight is 213 g/mol. The van der Waals surface area contributed by atoms with Crippen LogP contribution in [0.25, 0.3) is 0 Å². The van der Waals surface area contributed by atoms with Gasteiger partial charge in [-0.15, -0.1) is 0 Å². The first kappa shape index (κ1) is 12.0. The number of esters is 1. The van der Waals surface area contributed by atoms with Gasteiger partial charge in [-0.05, 0) is 25.7 Å². The summed E-state index contributed by atoms with van der Waals surface area (Å²) in [6.45, 7) is 1.89. The first-order valence-corrected chi connectivity index (χ1v) is 5.54. The SMILES string of the molecule is CCOC(=O)C(C(=O)[O-])C1CCCCC1. The van der Waals surface area contributed by atoms with Crippen LogP contribution in [0.4, 0.5) is 0 Å². The Morgan fingerprint density at radius 2 is 1.93 bits per heavy atom. The van der Waals surface area contributed by atoms with E-state index < -0.39 is 17.9 Å². The molecule has 0 bridgehead atoms. The molecule has 86 valence electrons. The molecule has 1 rings (SSSR count). The maximum absolute atomic E-state index is 11.4. The van der Waals surface area contributed by atoms with Gasteiger partial charge in [-0.2, -0.15) is 0 Å². The van der Waals surface area contributed by atoms with E-state index in [1.54, 1.807) is 6.92 Å². The lowest BCUT2D eigenvalue weighted by Crippen LogP contribution is -2.42. The van der Waals surface area contributed by atoms with E-state index in [-0.39, 0.29) is 12.5 Å². The molecule has 0 aromatic heterocycles. The number of ether oxygens (including phenoxy) is 1. The van der Waals surface area contributed by atoms with Crippen LogP contribution in [-0.4, -0.2) is 18.5 Å². The van der Waals surface area contributed by atoms with Crippen molar-refractivity contribution >= 4 is 11.9 Å². The Kier molecular flexibility index (Phi) is 4.59. The molecule has 0 aliphatic heterocycles. The van der Waals surface area contributed by atoms with Crippen molar-refractivity contribution in [2.75, 3.05) is 6.61 Å². The normalized spacial score (nSPS) is 19.5. The van der Waals surface area contributed by atoms with Crippen LogP contribution in [0.15, 0.2) is 0 Å². The predicted molar refractivity (Wildman–Crippen MR) is 51.7 cm³/mol. The number of carboxylic acids is 1. The second-order valence-electron chi connectivity index (χ2n) is 3.95. The zero-order chi connectivity index (χ0) is 11.3. The van der Waals surface area contributed by atoms with Crippen LogP contribution in [0.2, 0.25) is 0 Å². The standard InChI is InChI=1S/C11H18O4/c1-2-15-11(14)9(10(12)13)8-6-4-3-5-7-8/h8-9H,2-7H2,1H3,(H,12,13)/p-1. The van der Waals surface area contributed by atoms with Gasteiger partial charge < -0.3 is 14.6 Å². The molecule has 0 spiro atoms. The second kappa shape index (κ2) is 5.73. The molecule has 4 nitrogen and oxygen atoms in total. The van der Waals surface area contributed by atoms with Crippen molar-refractivity contribution in [1.29, 1.82) is 0 Å². The van der Waals surface area contributed by atoms with E-state index in [1.807, 2.05) is 0 Å². The molecule has 0 amide bonds. The summed E-state index contributed by atoms with van der Waals surface area (Å²) in [6, 6.07) is 0. The van der Waals surface area contributed by atoms with Crippen molar-refractivity contribution in [3.05, 3.63) is 0 Å². The summed E-state index contributed by atoms with van der Waals surface area (Å²) in [4.78, 5) is 22.3. The summed E-state index contributed by atoms with van der Waals surface area (Å²) >= 11 is 0. The Hall–Kier alpha value is -1.06. The molecule has 4 heteroatoms. The fourth-order valence-electron chi connectivity index (χ4n) is 2.18. The van der Waals surface area contributed by atoms with Crippen LogP contribution in [0.5, 0.6) is 0 Å². The quantitative estimate of drug-likeness (QED) is 0.503. The van der Waals surface area contributed by atoms with Gasteiger partial charge in [0.1, 0.15) is 0 Å². The lowest BCUT2D eigenvalue weighted by molar-refractivity contribution is -0.312. The third-order valence-electron chi connectivity index (χ3n) is 2.92. The molecule has 0 radical (unpaired) electrons. The molecule has 0 saturated heterocycles. The lowest BCUT2D eigenvalue weighted by atomic mass is 9.80. The summed E-state index contributed by atoms with van der Waals surface area (Å²) in [6.07, 6.45) is 4.69. The molecule has 1 aliphatic carbocycles. The van der Waals surface area contributed by atoms with Crippen molar-refractivity contribution in [1.82, 2.24) is 0 Å². The van der Waals surface area contributed by atoms with Crippen LogP contribution >= 0.6 is 0 Å². The molecule has 0 aromatic rings. The maximum Gasteiger partial charge on any atom is 0.314 e. The van der Waals surface area contributed by atoms with Crippen LogP contribution in [0.1, 0.15) is 39.0 Å². The van der Waals surface area contributed by atoms with E-state index in [1.165, 1.54) is 0 Å². The Morgan fingerprint density at radius 1 is 1.33 bits per heavy atom. The highest BCUT2D eigenvalue weighted by Gasteiger charge is 2.31. The summed E-state index contributed by atoms with van der Waals surface area (Å²) in [5.41, 5.74) is 0. The monoisotopic (exact) mass is 213 g/mol. The zero-order valence-electron chi connectivity index (χ0n) is 9.03. The number of carbonyl (C=O) groups is 2. The van der Waals surface area contributed by atoms with E-state index in [2.05, 4.69) is 0 Å². The van der Waals surface area contributed by atoms with E-state index in [4.69, 9.17) is 4.74 Å². The highest BCUT2D eigenvalue weighted by Crippen LogP contribution is 2.30. The van der Waals surface area contributed by atoms with Crippen LogP contribution < -0.4 is 5.11 Å². The van der Waals surface area contributed by atoms with Gasteiger partial charge in [0.25, 0.3) is 0 Å². The minimum Gasteiger partial charge on any atom is -0.549 e. The molecule has 15 heavy (non-hydrogen) atoms. The number of rotatable bonds is 4. The molecule has 0 aromatic carbocycles. The van der Waals surface area contributed by atoms with Crippen LogP contribution in [0, 0.1) is 11.8 Å². The number of carbonyl (C=O) groups excluding carboxylic acids is 2. The molecular weight excluding hydrogens is 196 g/mol. The van der Waals surface area contributed by atoms with Gasteiger partial charge >= 0.3 is 5.97 Å². The first-order chi connectivity index (χ1) is 7.16. The summed E-state index contributed by atoms with van der Waals surface area (Å²) in [7, 11) is 0. The third-order valence-corrected chi connectivity index (χ3v) is 2.92. The third kappa shape index (κ3) is 3.22. The molecule has 1 unspecified atom stereocenters. The fraction of sp³-hybridized carbons (Fsp3) is 0.818. The van der Waals surface area contributed by atoms with Crippen molar-refractivity contribution in [3.8, 4) is 0 Å². The molecular formula is C11H17O4-. The summed E-state index contributed by atoms with van der Waals surface area (Å²) in [5.74, 6) is -3.09. The summed E-state index contributed by atoms with van der Waals surface area (Å²) < 4.78 is 4.76. The van der Waals surface area contributed by atoms with E-state index >= 15 is 0 Å². The first-order valence-electron chi connectivity index (χ1n) is 5.54. The van der Waals surface area contributed by atoms with Crippen molar-refractivity contribution in [3.63, 3.8) is 0 Å². The van der Waals surface area contributed by atoms with Gasteiger partial charge in [0.15, 0.2) is 0 Å². The highest BCUT2D eigenvalue weighted by atomic mass is 16.5. The van der Waals surface area contributed by atoms with Gasteiger partial charge in [-0.1, -0.05) is 19.3 Å². The Morgan fingerprint density at radius 3 is 2.40 bits per heavy atom. The van der Waals surface area contributed by atoms with Gasteiger partial charge in [0, 0.05) is 0 Å². The summed E-state index contributed by atoms with van der Waals surface area (Å²) in [5, 5.41) is 10.9. The zero-order valence-corrected chi connectivity index (χ0v) is 9.03. The van der Waals surface area contributed by atoms with Gasteiger partial charge in [0.05, 0.1) is 18.5 Å². The van der Waals surface area contributed by atoms with Gasteiger partial charge in [-0.3, -0.25) is 4.79 Å². The Labute approximate surface area is 89.6 Å². The molecule has 1 fully saturated rings. The number of aliphatic carboxylic acids is 1. The Balaban J connectivity index is 2.63. The predicted octanol–water partition coefficient (Wildman–Crippen LogP) is 0.496. The molecule has 1 saturated carbocycles. The smallest absolute Gasteiger partial charge is 0.314 e. The average Bonchev–Trinajstić information content (AvgIpc) is 2.19. The van der Waals surface area contributed by atoms with Gasteiger partial charge in [-0.25, -0.2) is 0 Å². The minimum atomic E-state index is -1.29. The second-order valence-corrected chi connectivity index (χ2v) is 3.95. The van der Waals surface area contributed by atoms with Crippen LogP contribution in [-0.2, 0) is 14.3 Å². The molecule has 0 N–H and O–H groups in total. The van der Waals surface area contributed by atoms with E-state index in [9.17, 15) is 14.7 Å². The van der Waals surface area contributed by atoms with E-state index in [0.29, 0.717) is 0 Å². The van der Waals surface area contributed by atoms with Crippen molar-refractivity contribution < 1.29 is 19.4 Å². The van der Waals surface area contributed by atoms with E-state index in [0.717, 1.165) is 32.1 Å². The van der Waals surface area contributed by atoms with Crippen molar-refractivity contribution in [2.45, 2.75) is 39.0 Å². The Bertz CT molecular complexity index is 231. The maximum atomic E-state index is 11.4. The largest absolute Gasteiger partial charge is 0.549 e. The van der Waals surface area contributed by atoms with Crippen LogP contribution in [0.3, 0.4) is 0 Å². The fourth-order valence-corrected chi connectivity index (χ4v) is 2.18. The minimum absolute atomic E-state index is 0.0946. The number of hydrogen-bond acceptors (Lipinski definition) is 4. The highest BCUT2D eigenvalue weighted by molar-refractivity contribution is 5.93. The number of carboxylic acid groups (broad SMARTS) is 1. The molecule has 0 heterocycles. The number of hydrogen-bond donors (Lipinski definition) is 0. The topological polar surface area (TPSA) is 66.4 Å².